The Labute approximate surface area is 258 Å². The molecule has 0 spiro atoms. The molecule has 4 aromatic rings. The number of aromatic carboxylic acids is 1. The molecule has 0 unspecified atom stereocenters. The van der Waals surface area contributed by atoms with Crippen molar-refractivity contribution in [1.82, 2.24) is 20.3 Å². The highest BCUT2D eigenvalue weighted by Gasteiger charge is 2.52. The fourth-order valence-corrected chi connectivity index (χ4v) is 6.49. The molecule has 2 aliphatic heterocycles. The number of pyridine rings is 1. The molecule has 1 aromatic carbocycles. The molecule has 3 aromatic heterocycles. The lowest BCUT2D eigenvalue weighted by Crippen LogP contribution is -2.48. The summed E-state index contributed by atoms with van der Waals surface area (Å²) in [7, 11) is 0. The largest absolute Gasteiger partial charge is 0.478 e. The SMILES string of the molecule is O=C(O)c1cc(OC(F)F)cc(-c2noc(C34CCC(C=Cc5c(-c6c(Cl)cncc6Cl)noc5C5CC5)(CC3)CO4)n2)c1. The maximum Gasteiger partial charge on any atom is 0.387 e. The van der Waals surface area contributed by atoms with Crippen LogP contribution in [0.3, 0.4) is 0 Å². The summed E-state index contributed by atoms with van der Waals surface area (Å²) in [6, 6.07) is 3.52. The lowest BCUT2D eigenvalue weighted by atomic mass is 9.65. The van der Waals surface area contributed by atoms with Gasteiger partial charge in [0, 0.05) is 40.4 Å². The highest BCUT2D eigenvalue weighted by molar-refractivity contribution is 6.39. The third kappa shape index (κ3) is 5.24. The van der Waals surface area contributed by atoms with Crippen molar-refractivity contribution in [3.05, 3.63) is 69.5 Å². The van der Waals surface area contributed by atoms with Crippen LogP contribution in [-0.2, 0) is 10.3 Å². The highest BCUT2D eigenvalue weighted by atomic mass is 35.5. The zero-order valence-electron chi connectivity index (χ0n) is 22.9. The van der Waals surface area contributed by atoms with E-state index in [2.05, 4.69) is 31.1 Å². The third-order valence-electron chi connectivity index (χ3n) is 8.54. The molecule has 44 heavy (non-hydrogen) atoms. The van der Waals surface area contributed by atoms with Crippen LogP contribution in [0, 0.1) is 5.41 Å². The lowest BCUT2D eigenvalue weighted by Gasteiger charge is -2.50. The van der Waals surface area contributed by atoms with E-state index < -0.39 is 18.2 Å². The first kappa shape index (κ1) is 28.9. The van der Waals surface area contributed by atoms with E-state index in [0.29, 0.717) is 46.7 Å². The molecule has 2 saturated carbocycles. The average Bonchev–Trinajstić information content (AvgIpc) is 3.56. The summed E-state index contributed by atoms with van der Waals surface area (Å²) in [5.41, 5.74) is 0.857. The number of ether oxygens (including phenoxy) is 2. The molecule has 5 heterocycles. The fourth-order valence-electron chi connectivity index (χ4n) is 5.95. The van der Waals surface area contributed by atoms with Crippen molar-refractivity contribution in [1.29, 1.82) is 0 Å². The van der Waals surface area contributed by atoms with E-state index in [9.17, 15) is 18.7 Å². The van der Waals surface area contributed by atoms with E-state index in [1.807, 2.05) is 6.08 Å². The molecule has 4 aliphatic rings. The maximum absolute atomic E-state index is 12.8. The van der Waals surface area contributed by atoms with Crippen LogP contribution in [-0.4, -0.2) is 44.6 Å². The van der Waals surface area contributed by atoms with Gasteiger partial charge < -0.3 is 23.6 Å². The smallest absolute Gasteiger partial charge is 0.387 e. The number of carbonyl (C=O) groups is 1. The van der Waals surface area contributed by atoms with Gasteiger partial charge in [0.2, 0.25) is 5.82 Å². The number of rotatable bonds is 9. The summed E-state index contributed by atoms with van der Waals surface area (Å²) in [4.78, 5) is 20.1. The van der Waals surface area contributed by atoms with Crippen LogP contribution in [0.1, 0.15) is 72.0 Å². The van der Waals surface area contributed by atoms with E-state index >= 15 is 0 Å². The van der Waals surface area contributed by atoms with Crippen LogP contribution in [0.4, 0.5) is 8.78 Å². The van der Waals surface area contributed by atoms with Crippen LogP contribution < -0.4 is 4.74 Å². The highest BCUT2D eigenvalue weighted by Crippen LogP contribution is 2.55. The number of carboxylic acids is 1. The van der Waals surface area contributed by atoms with Gasteiger partial charge in [0.05, 0.1) is 22.2 Å². The van der Waals surface area contributed by atoms with Gasteiger partial charge in [0.1, 0.15) is 22.8 Å². The first-order chi connectivity index (χ1) is 21.2. The number of hydrogen-bond acceptors (Lipinski definition) is 9. The second kappa shape index (κ2) is 10.9. The number of hydrogen-bond donors (Lipinski definition) is 1. The second-order valence-electron chi connectivity index (χ2n) is 11.4. The van der Waals surface area contributed by atoms with Gasteiger partial charge >= 0.3 is 12.6 Å². The van der Waals surface area contributed by atoms with Crippen molar-refractivity contribution in [3.63, 3.8) is 0 Å². The van der Waals surface area contributed by atoms with Crippen LogP contribution in [0.15, 0.2) is 45.7 Å². The predicted molar refractivity (Wildman–Crippen MR) is 153 cm³/mol. The van der Waals surface area contributed by atoms with Gasteiger partial charge in [0.15, 0.2) is 0 Å². The van der Waals surface area contributed by atoms with Crippen LogP contribution in [0.25, 0.3) is 28.7 Å². The number of nitrogens with zero attached hydrogens (tertiary/aromatic N) is 4. The molecule has 2 bridgehead atoms. The van der Waals surface area contributed by atoms with Gasteiger partial charge in [0.25, 0.3) is 5.89 Å². The summed E-state index contributed by atoms with van der Waals surface area (Å²) in [6.07, 6.45) is 12.0. The molecule has 0 radical (unpaired) electrons. The van der Waals surface area contributed by atoms with Crippen molar-refractivity contribution >= 4 is 35.2 Å². The summed E-state index contributed by atoms with van der Waals surface area (Å²) in [5.74, 6) is -0.224. The Balaban J connectivity index is 1.13. The van der Waals surface area contributed by atoms with Gasteiger partial charge in [-0.3, -0.25) is 4.98 Å². The standard InChI is InChI=1S/C30H24Cl2F2N4O6/c31-20-12-35-13-21(32)22(20)23-19(24(43-37-23)15-1-2-15)3-4-29-5-7-30(8-6-29,41-14-29)27-36-25(38-44-27)16-9-17(26(39)40)11-18(10-16)42-28(33)34/h3-4,9-13,15,28H,1-2,5-8,14H2,(H,39,40). The van der Waals surface area contributed by atoms with E-state index in [-0.39, 0.29) is 34.0 Å². The van der Waals surface area contributed by atoms with E-state index in [0.717, 1.165) is 43.1 Å². The van der Waals surface area contributed by atoms with Gasteiger partial charge in [-0.2, -0.15) is 13.8 Å². The topological polar surface area (TPSA) is 134 Å². The third-order valence-corrected chi connectivity index (χ3v) is 9.11. The Bertz CT molecular complexity index is 1740. The zero-order chi connectivity index (χ0) is 30.6. The summed E-state index contributed by atoms with van der Waals surface area (Å²) in [6.45, 7) is -2.72. The predicted octanol–water partition coefficient (Wildman–Crippen LogP) is 7.77. The Morgan fingerprint density at radius 2 is 1.82 bits per heavy atom. The fraction of sp³-hybridized carbons (Fsp3) is 0.367. The molecule has 1 N–H and O–H groups in total. The molecule has 2 aliphatic carbocycles. The lowest BCUT2D eigenvalue weighted by molar-refractivity contribution is -0.186. The normalized spacial score (nSPS) is 23.1. The number of halogens is 4. The van der Waals surface area contributed by atoms with Crippen molar-refractivity contribution in [2.24, 2.45) is 5.41 Å². The molecule has 14 heteroatoms. The molecule has 8 rings (SSSR count). The summed E-state index contributed by atoms with van der Waals surface area (Å²) in [5, 5.41) is 18.5. The minimum Gasteiger partial charge on any atom is -0.478 e. The molecular formula is C30H24Cl2F2N4O6. The molecule has 2 saturated heterocycles. The quantitative estimate of drug-likeness (QED) is 0.192. The average molecular weight is 645 g/mol. The van der Waals surface area contributed by atoms with E-state index in [1.165, 1.54) is 24.5 Å². The summed E-state index contributed by atoms with van der Waals surface area (Å²) < 4.78 is 47.9. The van der Waals surface area contributed by atoms with E-state index in [1.54, 1.807) is 0 Å². The van der Waals surface area contributed by atoms with Crippen molar-refractivity contribution in [3.8, 4) is 28.4 Å². The van der Waals surface area contributed by atoms with Crippen molar-refractivity contribution in [2.75, 3.05) is 6.61 Å². The Hall–Kier alpha value is -3.87. The summed E-state index contributed by atoms with van der Waals surface area (Å²) >= 11 is 12.9. The molecule has 0 atom stereocenters. The van der Waals surface area contributed by atoms with Crippen LogP contribution in [0.5, 0.6) is 5.75 Å². The van der Waals surface area contributed by atoms with Crippen molar-refractivity contribution in [2.45, 2.75) is 56.7 Å². The molecular weight excluding hydrogens is 621 g/mol. The first-order valence-electron chi connectivity index (χ1n) is 14.0. The van der Waals surface area contributed by atoms with Gasteiger partial charge in [-0.05, 0) is 56.7 Å². The van der Waals surface area contributed by atoms with Gasteiger partial charge in [-0.25, -0.2) is 4.79 Å². The van der Waals surface area contributed by atoms with E-state index in [4.69, 9.17) is 37.0 Å². The Morgan fingerprint density at radius 1 is 1.07 bits per heavy atom. The minimum atomic E-state index is -3.12. The number of aromatic nitrogens is 4. The van der Waals surface area contributed by atoms with Gasteiger partial charge in [-0.15, -0.1) is 0 Å². The Kier molecular flexibility index (Phi) is 7.18. The number of fused-ring (bicyclic) bond motifs is 3. The Morgan fingerprint density at radius 3 is 2.45 bits per heavy atom. The minimum absolute atomic E-state index is 0.0449. The first-order valence-corrected chi connectivity index (χ1v) is 14.7. The van der Waals surface area contributed by atoms with Crippen molar-refractivity contribution < 1.29 is 37.2 Å². The maximum atomic E-state index is 12.8. The number of alkyl halides is 2. The van der Waals surface area contributed by atoms with Crippen LogP contribution in [0.2, 0.25) is 10.0 Å². The molecule has 228 valence electrons. The van der Waals surface area contributed by atoms with Crippen LogP contribution >= 0.6 is 23.2 Å². The van der Waals surface area contributed by atoms with Gasteiger partial charge in [-0.1, -0.05) is 45.7 Å². The number of carboxylic acid groups (broad SMARTS) is 1. The molecule has 10 nitrogen and oxygen atoms in total. The molecule has 0 amide bonds. The molecule has 4 fully saturated rings. The monoisotopic (exact) mass is 644 g/mol. The number of benzene rings is 1. The zero-order valence-corrected chi connectivity index (χ0v) is 24.4. The second-order valence-corrected chi connectivity index (χ2v) is 12.2.